The molecule has 0 spiro atoms. The second-order valence-electron chi connectivity index (χ2n) is 14.2. The molecule has 14 nitrogen and oxygen atoms in total. The molecule has 7 rings (SSSR count). The number of hydrogen-bond donors (Lipinski definition) is 4. The molecule has 2 saturated heterocycles. The van der Waals surface area contributed by atoms with Crippen LogP contribution in [0.5, 0.6) is 0 Å². The molecule has 4 atom stereocenters. The molecule has 55 heavy (non-hydrogen) atoms. The zero-order chi connectivity index (χ0) is 38.5. The van der Waals surface area contributed by atoms with Crippen molar-refractivity contribution in [3.8, 4) is 33.6 Å². The number of methoxy groups -OCH3 is 1. The predicted octanol–water partition coefficient (Wildman–Crippen LogP) is 5.66. The van der Waals surface area contributed by atoms with E-state index in [0.29, 0.717) is 31.3 Å². The summed E-state index contributed by atoms with van der Waals surface area (Å²) in [5, 5.41) is 12.9. The first-order valence-electron chi connectivity index (χ1n) is 18.7. The Morgan fingerprint density at radius 2 is 1.35 bits per heavy atom. The Balaban J connectivity index is 1.00. The molecule has 286 valence electrons. The van der Waals surface area contributed by atoms with Crippen LogP contribution < -0.4 is 5.32 Å². The van der Waals surface area contributed by atoms with Gasteiger partial charge in [-0.05, 0) is 67.0 Å². The zero-order valence-electron chi connectivity index (χ0n) is 31.3. The van der Waals surface area contributed by atoms with Crippen LogP contribution in [-0.4, -0.2) is 109 Å². The van der Waals surface area contributed by atoms with Gasteiger partial charge in [0.05, 0.1) is 48.6 Å². The topological polar surface area (TPSA) is 173 Å². The van der Waals surface area contributed by atoms with Gasteiger partial charge in [0.15, 0.2) is 0 Å². The van der Waals surface area contributed by atoms with E-state index in [2.05, 4.69) is 66.6 Å². The minimum absolute atomic E-state index is 0.0435. The number of hydrogen-bond acceptors (Lipinski definition) is 8. The Morgan fingerprint density at radius 3 is 1.84 bits per heavy atom. The Labute approximate surface area is 320 Å². The van der Waals surface area contributed by atoms with Crippen molar-refractivity contribution in [2.45, 2.75) is 63.2 Å². The molecule has 3 amide bonds. The molecule has 14 heteroatoms. The number of aromatic nitrogens is 5. The third kappa shape index (κ3) is 8.15. The van der Waals surface area contributed by atoms with Gasteiger partial charge in [-0.25, -0.2) is 14.8 Å². The number of amides is 3. The molecule has 5 aromatic rings. The highest BCUT2D eigenvalue weighted by Crippen LogP contribution is 2.35. The molecule has 2 aliphatic heterocycles. The largest absolute Gasteiger partial charge is 0.465 e. The molecule has 4 N–H and O–H groups in total. The second-order valence-corrected chi connectivity index (χ2v) is 14.2. The number of H-pyrrole nitrogens is 2. The van der Waals surface area contributed by atoms with Crippen molar-refractivity contribution in [3.05, 3.63) is 103 Å². The molecule has 0 radical (unpaired) electrons. The number of likely N-dealkylation sites (tertiary alicyclic amines) is 2. The van der Waals surface area contributed by atoms with Gasteiger partial charge in [0.2, 0.25) is 11.8 Å². The van der Waals surface area contributed by atoms with Crippen LogP contribution >= 0.6 is 0 Å². The number of pyridine rings is 1. The van der Waals surface area contributed by atoms with Crippen LogP contribution in [-0.2, 0) is 20.7 Å². The van der Waals surface area contributed by atoms with Gasteiger partial charge in [0, 0.05) is 45.6 Å². The number of nitrogens with zero attached hydrogens (tertiary/aromatic N) is 6. The van der Waals surface area contributed by atoms with Crippen molar-refractivity contribution in [3.63, 3.8) is 0 Å². The van der Waals surface area contributed by atoms with Crippen LogP contribution in [0.3, 0.4) is 0 Å². The van der Waals surface area contributed by atoms with E-state index in [-0.39, 0.29) is 36.4 Å². The molecule has 0 saturated carbocycles. The first kappa shape index (κ1) is 37.5. The molecule has 5 heterocycles. The molecule has 0 bridgehead atoms. The number of aromatic amines is 2. The number of ether oxygens (including phenoxy) is 1. The van der Waals surface area contributed by atoms with Crippen molar-refractivity contribution in [1.29, 1.82) is 0 Å². The number of carbonyl (C=O) groups excluding carboxylic acids is 2. The molecule has 3 aromatic heterocycles. The summed E-state index contributed by atoms with van der Waals surface area (Å²) in [5.41, 5.74) is 6.48. The zero-order valence-corrected chi connectivity index (χ0v) is 31.3. The highest BCUT2D eigenvalue weighted by atomic mass is 16.5. The fraction of sp³-hybridized carbons (Fsp3) is 0.366. The summed E-state index contributed by atoms with van der Waals surface area (Å²) in [5.74, 6) is 1.26. The van der Waals surface area contributed by atoms with E-state index in [1.165, 1.54) is 7.05 Å². The molecule has 2 fully saturated rings. The molecule has 0 unspecified atom stereocenters. The minimum atomic E-state index is -1.17. The lowest BCUT2D eigenvalue weighted by atomic mass is 10.0. The minimum Gasteiger partial charge on any atom is -0.465 e. The Morgan fingerprint density at radius 1 is 0.818 bits per heavy atom. The Kier molecular flexibility index (Phi) is 11.3. The third-order valence-corrected chi connectivity index (χ3v) is 10.7. The summed E-state index contributed by atoms with van der Waals surface area (Å²) in [7, 11) is 3.03. The van der Waals surface area contributed by atoms with Gasteiger partial charge in [0.25, 0.3) is 0 Å². The van der Waals surface area contributed by atoms with Gasteiger partial charge in [0.1, 0.15) is 17.7 Å². The lowest BCUT2D eigenvalue weighted by Crippen LogP contribution is -2.50. The number of rotatable bonds is 13. The van der Waals surface area contributed by atoms with Crippen molar-refractivity contribution in [2.24, 2.45) is 0 Å². The molecule has 2 aliphatic rings. The van der Waals surface area contributed by atoms with Gasteiger partial charge in [-0.3, -0.25) is 24.8 Å². The monoisotopic (exact) mass is 745 g/mol. The first-order valence-corrected chi connectivity index (χ1v) is 18.7. The maximum absolute atomic E-state index is 13.9. The van der Waals surface area contributed by atoms with Crippen molar-refractivity contribution < 1.29 is 24.2 Å². The maximum atomic E-state index is 13.9. The van der Waals surface area contributed by atoms with Gasteiger partial charge in [-0.15, -0.1) is 0 Å². The molecular formula is C41H47N9O5. The molecule has 2 aromatic carbocycles. The smallest absolute Gasteiger partial charge is 0.407 e. The van der Waals surface area contributed by atoms with Crippen LogP contribution in [0.25, 0.3) is 33.6 Å². The number of nitrogens with one attached hydrogen (secondary N) is 3. The average molecular weight is 746 g/mol. The molecular weight excluding hydrogens is 699 g/mol. The second kappa shape index (κ2) is 16.7. The Hall–Kier alpha value is -5.86. The van der Waals surface area contributed by atoms with Gasteiger partial charge < -0.3 is 29.6 Å². The first-order chi connectivity index (χ1) is 26.7. The average Bonchev–Trinajstić information content (AvgIpc) is 4.06. The third-order valence-electron chi connectivity index (χ3n) is 10.7. The van der Waals surface area contributed by atoms with Crippen molar-refractivity contribution in [2.75, 3.05) is 34.0 Å². The van der Waals surface area contributed by atoms with E-state index in [9.17, 15) is 19.5 Å². The fourth-order valence-electron chi connectivity index (χ4n) is 7.60. The standard InChI is InChI=1S/C41H47N9O5/c1-26(45-25-55-3)39(51)49-20-6-9-34(49)37-43-23-32(46-37)29-15-11-27(12-16-29)28-13-17-30(18-14-28)33-24-44-38(47-33)35-10-7-21-50(35)40(52)36(48(2)41(53)54)22-31-8-4-5-19-42-31/h4-5,8,11-19,23-24,26,34-36,45H,6-7,9-10,20-22,25H2,1-3H3,(H,43,46)(H,44,47)(H,53,54)/t26-,34-,35-,36-/m0/s1. The summed E-state index contributed by atoms with van der Waals surface area (Å²) in [6, 6.07) is 20.3. The van der Waals surface area contributed by atoms with E-state index >= 15 is 0 Å². The van der Waals surface area contributed by atoms with Gasteiger partial charge in [-0.1, -0.05) is 54.6 Å². The maximum Gasteiger partial charge on any atom is 0.407 e. The van der Waals surface area contributed by atoms with Gasteiger partial charge >= 0.3 is 6.09 Å². The summed E-state index contributed by atoms with van der Waals surface area (Å²) in [6.07, 6.45) is 7.60. The molecule has 0 aliphatic carbocycles. The van der Waals surface area contributed by atoms with Crippen molar-refractivity contribution >= 4 is 17.9 Å². The van der Waals surface area contributed by atoms with Crippen LogP contribution in [0.4, 0.5) is 4.79 Å². The van der Waals surface area contributed by atoms with Gasteiger partial charge in [-0.2, -0.15) is 0 Å². The van der Waals surface area contributed by atoms with Crippen LogP contribution in [0.2, 0.25) is 0 Å². The fourth-order valence-corrected chi connectivity index (χ4v) is 7.60. The van der Waals surface area contributed by atoms with Crippen LogP contribution in [0.1, 0.15) is 62.0 Å². The summed E-state index contributed by atoms with van der Waals surface area (Å²) < 4.78 is 5.07. The number of carbonyl (C=O) groups is 3. The summed E-state index contributed by atoms with van der Waals surface area (Å²) >= 11 is 0. The van der Waals surface area contributed by atoms with Crippen molar-refractivity contribution in [1.82, 2.24) is 44.9 Å². The summed E-state index contributed by atoms with van der Waals surface area (Å²) in [4.78, 5) is 64.3. The SMILES string of the molecule is COCN[C@@H](C)C(=O)N1CCC[C@H]1c1ncc(-c2ccc(-c3ccc(-c4cnc([C@@H]5CCCN5C(=O)[C@H](Cc5ccccn5)N(C)C(=O)O)[nH]4)cc3)cc2)[nH]1. The van der Waals surface area contributed by atoms with E-state index in [1.807, 2.05) is 36.2 Å². The summed E-state index contributed by atoms with van der Waals surface area (Å²) in [6.45, 7) is 3.40. The van der Waals surface area contributed by atoms with E-state index in [1.54, 1.807) is 36.5 Å². The highest BCUT2D eigenvalue weighted by Gasteiger charge is 2.39. The number of carboxylic acid groups (broad SMARTS) is 1. The lowest BCUT2D eigenvalue weighted by Gasteiger charge is -2.31. The number of benzene rings is 2. The van der Waals surface area contributed by atoms with E-state index in [4.69, 9.17) is 4.74 Å². The van der Waals surface area contributed by atoms with E-state index < -0.39 is 12.1 Å². The normalized spacial score (nSPS) is 18.0. The quantitative estimate of drug-likeness (QED) is 0.111. The Bertz CT molecular complexity index is 2080. The number of imidazole rings is 2. The lowest BCUT2D eigenvalue weighted by molar-refractivity contribution is -0.137. The van der Waals surface area contributed by atoms with Crippen LogP contribution in [0.15, 0.2) is 85.3 Å². The van der Waals surface area contributed by atoms with E-state index in [0.717, 1.165) is 70.0 Å². The predicted molar refractivity (Wildman–Crippen MR) is 206 cm³/mol. The number of likely N-dealkylation sites (N-methyl/N-ethyl adjacent to an activating group) is 1. The highest BCUT2D eigenvalue weighted by molar-refractivity contribution is 5.86. The van der Waals surface area contributed by atoms with Crippen LogP contribution in [0, 0.1) is 0 Å².